The number of carbonyl (C=O) groups is 2. The van der Waals surface area contributed by atoms with Crippen LogP contribution < -0.4 is 10.1 Å². The monoisotopic (exact) mass is 839 g/mol. The van der Waals surface area contributed by atoms with Gasteiger partial charge in [-0.25, -0.2) is 9.18 Å². The number of nitrogens with zero attached hydrogens (tertiary/aromatic N) is 2. The van der Waals surface area contributed by atoms with E-state index in [0.29, 0.717) is 53.5 Å². The number of nitrogens with one attached hydrogen (secondary N) is 1. The predicted octanol–water partition coefficient (Wildman–Crippen LogP) is 9.53. The van der Waals surface area contributed by atoms with Crippen molar-refractivity contribution in [3.05, 3.63) is 104 Å². The lowest BCUT2D eigenvalue weighted by Gasteiger charge is -2.48. The number of rotatable bonds is 11. The summed E-state index contributed by atoms with van der Waals surface area (Å²) >= 11 is 28.6. The molecule has 3 aromatic carbocycles. The van der Waals surface area contributed by atoms with Gasteiger partial charge in [-0.05, 0) is 102 Å². The van der Waals surface area contributed by atoms with Crippen LogP contribution in [-0.2, 0) is 22.5 Å². The third-order valence-electron chi connectivity index (χ3n) is 9.62. The van der Waals surface area contributed by atoms with E-state index in [4.69, 9.17) is 55.9 Å². The van der Waals surface area contributed by atoms with Gasteiger partial charge in [-0.3, -0.25) is 9.69 Å². The first-order valence-corrected chi connectivity index (χ1v) is 19.3. The molecule has 2 atom stereocenters. The Labute approximate surface area is 326 Å². The van der Waals surface area contributed by atoms with E-state index in [0.717, 1.165) is 47.9 Å². The van der Waals surface area contributed by atoms with E-state index in [9.17, 15) is 14.0 Å². The first-order chi connectivity index (χ1) is 24.2. The molecule has 2 amide bonds. The summed E-state index contributed by atoms with van der Waals surface area (Å²) in [6, 6.07) is 19.3. The van der Waals surface area contributed by atoms with Crippen LogP contribution in [0.5, 0.6) is 5.75 Å². The molecule has 1 N–H and O–H groups in total. The summed E-state index contributed by atoms with van der Waals surface area (Å²) in [5, 5.41) is 4.03. The van der Waals surface area contributed by atoms with Crippen LogP contribution in [-0.4, -0.2) is 69.0 Å². The largest absolute Gasteiger partial charge is 0.492 e. The van der Waals surface area contributed by atoms with Crippen molar-refractivity contribution in [2.75, 3.05) is 19.7 Å². The fourth-order valence-electron chi connectivity index (χ4n) is 6.58. The number of amides is 2. The van der Waals surface area contributed by atoms with Crippen molar-refractivity contribution in [1.29, 1.82) is 0 Å². The lowest BCUT2D eigenvalue weighted by atomic mass is 9.81. The lowest BCUT2D eigenvalue weighted by Crippen LogP contribution is -2.64. The molecule has 13 heteroatoms. The molecule has 1 saturated carbocycles. The van der Waals surface area contributed by atoms with Crippen molar-refractivity contribution in [3.63, 3.8) is 0 Å². The molecule has 0 radical (unpaired) electrons. The van der Waals surface area contributed by atoms with Gasteiger partial charge in [-0.1, -0.05) is 88.9 Å². The van der Waals surface area contributed by atoms with Gasteiger partial charge < -0.3 is 19.7 Å². The van der Waals surface area contributed by atoms with E-state index in [1.807, 2.05) is 41.3 Å². The highest BCUT2D eigenvalue weighted by atomic mass is 79.9. The van der Waals surface area contributed by atoms with E-state index in [2.05, 4.69) is 33.4 Å². The molecular formula is C38H39BrCl4FN3O4. The van der Waals surface area contributed by atoms with Crippen LogP contribution >= 0.6 is 62.3 Å². The molecule has 272 valence electrons. The Bertz CT molecular complexity index is 1800. The number of hydrogen-bond acceptors (Lipinski definition) is 5. The first kappa shape index (κ1) is 38.2. The number of aryl methyl sites for hydroxylation is 1. The first-order valence-electron chi connectivity index (χ1n) is 17.0. The molecular weight excluding hydrogens is 803 g/mol. The maximum atomic E-state index is 14.9. The molecule has 7 nitrogen and oxygen atoms in total. The second kappa shape index (κ2) is 15.8. The summed E-state index contributed by atoms with van der Waals surface area (Å²) < 4.78 is 24.1. The molecule has 2 aliphatic heterocycles. The highest BCUT2D eigenvalue weighted by molar-refractivity contribution is 9.10. The fraction of sp³-hybridized carbons (Fsp3) is 0.421. The quantitative estimate of drug-likeness (QED) is 0.154. The topological polar surface area (TPSA) is 71.1 Å². The molecule has 6 rings (SSSR count). The van der Waals surface area contributed by atoms with Crippen molar-refractivity contribution in [2.45, 2.75) is 80.0 Å². The second-order valence-electron chi connectivity index (χ2n) is 13.7. The average Bonchev–Trinajstić information content (AvgIpc) is 3.92. The summed E-state index contributed by atoms with van der Waals surface area (Å²) in [5.41, 5.74) is 2.89. The lowest BCUT2D eigenvalue weighted by molar-refractivity contribution is -0.129. The van der Waals surface area contributed by atoms with Crippen molar-refractivity contribution >= 4 is 79.9 Å². The SMILES string of the molecule is CC(C)(OC(=O)N1C2CNC[C@@H]1C(C(=O)N(Cc1ccccc1Cl)C1CC1)=C(c1ccc(CCCOc3cc(F)ccc3Br)cc1)C2)C(Cl)(Cl)Cl. The molecule has 51 heavy (non-hydrogen) atoms. The Morgan fingerprint density at radius 2 is 1.76 bits per heavy atom. The van der Waals surface area contributed by atoms with Gasteiger partial charge in [-0.15, -0.1) is 0 Å². The van der Waals surface area contributed by atoms with Gasteiger partial charge in [-0.2, -0.15) is 0 Å². The normalized spacial score (nSPS) is 19.2. The molecule has 1 saturated heterocycles. The van der Waals surface area contributed by atoms with Crippen LogP contribution in [0.3, 0.4) is 0 Å². The summed E-state index contributed by atoms with van der Waals surface area (Å²) in [7, 11) is 0. The number of hydrogen-bond donors (Lipinski definition) is 1. The Balaban J connectivity index is 1.29. The Morgan fingerprint density at radius 3 is 2.45 bits per heavy atom. The molecule has 0 aromatic heterocycles. The molecule has 0 spiro atoms. The van der Waals surface area contributed by atoms with Gasteiger partial charge in [0.1, 0.15) is 11.6 Å². The van der Waals surface area contributed by atoms with E-state index in [1.54, 1.807) is 24.8 Å². The van der Waals surface area contributed by atoms with Gasteiger partial charge in [0.15, 0.2) is 5.60 Å². The van der Waals surface area contributed by atoms with Gasteiger partial charge >= 0.3 is 6.09 Å². The van der Waals surface area contributed by atoms with Gasteiger partial charge in [0.05, 0.1) is 23.2 Å². The number of alkyl halides is 3. The number of piperazine rings is 1. The van der Waals surface area contributed by atoms with E-state index in [-0.39, 0.29) is 23.8 Å². The zero-order valence-electron chi connectivity index (χ0n) is 28.2. The van der Waals surface area contributed by atoms with Crippen LogP contribution in [0, 0.1) is 5.82 Å². The van der Waals surface area contributed by atoms with Gasteiger partial charge in [0.25, 0.3) is 5.91 Å². The Morgan fingerprint density at radius 1 is 1.04 bits per heavy atom. The molecule has 3 aliphatic rings. The third kappa shape index (κ3) is 8.82. The third-order valence-corrected chi connectivity index (χ3v) is 12.0. The van der Waals surface area contributed by atoms with Crippen molar-refractivity contribution in [2.24, 2.45) is 0 Å². The van der Waals surface area contributed by atoms with E-state index < -0.39 is 21.5 Å². The number of halogens is 6. The molecule has 3 aromatic rings. The molecule has 1 unspecified atom stereocenters. The highest BCUT2D eigenvalue weighted by Gasteiger charge is 2.50. The molecule has 1 aliphatic carbocycles. The zero-order chi connectivity index (χ0) is 36.5. The minimum Gasteiger partial charge on any atom is -0.492 e. The number of benzene rings is 3. The van der Waals surface area contributed by atoms with Crippen LogP contribution in [0.4, 0.5) is 9.18 Å². The van der Waals surface area contributed by atoms with E-state index in [1.165, 1.54) is 12.1 Å². The maximum absolute atomic E-state index is 14.9. The number of fused-ring (bicyclic) bond motifs is 2. The minimum atomic E-state index is -1.87. The molecule has 2 bridgehead atoms. The smallest absolute Gasteiger partial charge is 0.411 e. The average molecular weight is 842 g/mol. The van der Waals surface area contributed by atoms with Crippen LogP contribution in [0.15, 0.2) is 76.8 Å². The van der Waals surface area contributed by atoms with Crippen LogP contribution in [0.1, 0.15) is 56.2 Å². The Hall–Kier alpha value is -2.53. The van der Waals surface area contributed by atoms with Crippen LogP contribution in [0.2, 0.25) is 5.02 Å². The van der Waals surface area contributed by atoms with Crippen molar-refractivity contribution in [1.82, 2.24) is 15.1 Å². The highest BCUT2D eigenvalue weighted by Crippen LogP contribution is 2.44. The predicted molar refractivity (Wildman–Crippen MR) is 204 cm³/mol. The number of ether oxygens (including phenoxy) is 2. The fourth-order valence-corrected chi connectivity index (χ4v) is 7.26. The van der Waals surface area contributed by atoms with Crippen molar-refractivity contribution < 1.29 is 23.5 Å². The molecule has 2 heterocycles. The van der Waals surface area contributed by atoms with Gasteiger partial charge in [0.2, 0.25) is 3.79 Å². The van der Waals surface area contributed by atoms with Gasteiger partial charge in [0, 0.05) is 42.3 Å². The standard InChI is InChI=1S/C38H39BrCl4FN3O4/c1-37(2,38(41,42)43)51-36(49)47-28-19-29(24-11-9-23(10-12-24)6-5-17-50-33-18-26(44)13-16-30(33)39)34(32(47)21-45-20-28)35(48)46(27-14-15-27)22-25-7-3-4-8-31(25)40/h3-4,7-13,16,18,27-28,32,45H,5-6,14-15,17,19-22H2,1-2H3/t28?,32-/m1/s1. The Kier molecular flexibility index (Phi) is 11.9. The molecule has 2 fully saturated rings. The summed E-state index contributed by atoms with van der Waals surface area (Å²) in [5.74, 6) is -0.0209. The summed E-state index contributed by atoms with van der Waals surface area (Å²) in [4.78, 5) is 32.4. The summed E-state index contributed by atoms with van der Waals surface area (Å²) in [6.45, 7) is 4.74. The zero-order valence-corrected chi connectivity index (χ0v) is 32.9. The van der Waals surface area contributed by atoms with Crippen LogP contribution in [0.25, 0.3) is 5.57 Å². The summed E-state index contributed by atoms with van der Waals surface area (Å²) in [6.07, 6.45) is 3.04. The second-order valence-corrected chi connectivity index (χ2v) is 17.2. The number of carbonyl (C=O) groups excluding carboxylic acids is 2. The maximum Gasteiger partial charge on any atom is 0.411 e. The minimum absolute atomic E-state index is 0.0677. The van der Waals surface area contributed by atoms with E-state index >= 15 is 0 Å². The van der Waals surface area contributed by atoms with Crippen molar-refractivity contribution in [3.8, 4) is 5.75 Å².